The number of pyridine rings is 1. The first-order valence-electron chi connectivity index (χ1n) is 11.5. The molecule has 0 bridgehead atoms. The number of rotatable bonds is 16. The quantitative estimate of drug-likeness (QED) is 0.151. The van der Waals surface area contributed by atoms with Crippen LogP contribution in [-0.2, 0) is 18.3 Å². The largest absolute Gasteiger partial charge is 0.303 e. The molecule has 0 atom stereocenters. The zero-order valence-corrected chi connectivity index (χ0v) is 19.2. The maximum Gasteiger partial charge on any atom is 0.171 e. The van der Waals surface area contributed by atoms with E-state index in [1.165, 1.54) is 76.2 Å². The molecule has 0 aromatic carbocycles. The fraction of sp³-hybridized carbons (Fsp3) is 0.654. The lowest BCUT2D eigenvalue weighted by atomic mass is 10.1. The van der Waals surface area contributed by atoms with Gasteiger partial charge in [-0.3, -0.25) is 0 Å². The van der Waals surface area contributed by atoms with Crippen LogP contribution in [0, 0.1) is 11.8 Å². The lowest BCUT2D eigenvalue weighted by molar-refractivity contribution is -0.671. The fourth-order valence-electron chi connectivity index (χ4n) is 3.36. The molecule has 1 rings (SSSR count). The first-order chi connectivity index (χ1) is 14.2. The van der Waals surface area contributed by atoms with E-state index < -0.39 is 0 Å². The molecule has 0 fully saturated rings. The van der Waals surface area contributed by atoms with Gasteiger partial charge in [-0.25, -0.2) is 4.57 Å². The van der Waals surface area contributed by atoms with Crippen molar-refractivity contribution < 1.29 is 9.40 Å². The number of unbranched alkanes of at least 4 members (excludes halogenated alkanes) is 10. The zero-order valence-electron chi connectivity index (χ0n) is 19.2. The van der Waals surface area contributed by atoms with Crippen LogP contribution in [0.3, 0.4) is 0 Å². The van der Waals surface area contributed by atoms with E-state index in [0.29, 0.717) is 0 Å². The Hall–Kier alpha value is -1.63. The van der Waals surface area contributed by atoms with Gasteiger partial charge in [0.1, 0.15) is 7.05 Å². The van der Waals surface area contributed by atoms with Crippen molar-refractivity contribution in [1.82, 2.24) is 5.06 Å². The predicted octanol–water partition coefficient (Wildman–Crippen LogP) is 5.79. The van der Waals surface area contributed by atoms with Crippen molar-refractivity contribution >= 4 is 0 Å². The van der Waals surface area contributed by atoms with Gasteiger partial charge in [-0.15, -0.1) is 0 Å². The molecular weight excluding hydrogens is 356 g/mol. The highest BCUT2D eigenvalue weighted by molar-refractivity contribution is 5.15. The Bertz CT molecular complexity index is 600. The van der Waals surface area contributed by atoms with Gasteiger partial charge in [0.2, 0.25) is 0 Å². The van der Waals surface area contributed by atoms with E-state index >= 15 is 0 Å². The van der Waals surface area contributed by atoms with Crippen molar-refractivity contribution in [3.63, 3.8) is 0 Å². The van der Waals surface area contributed by atoms with Gasteiger partial charge >= 0.3 is 0 Å². The van der Waals surface area contributed by atoms with Gasteiger partial charge in [0.25, 0.3) is 0 Å². The molecule has 0 aliphatic heterocycles. The molecule has 0 aliphatic carbocycles. The fourth-order valence-corrected chi connectivity index (χ4v) is 3.36. The van der Waals surface area contributed by atoms with Gasteiger partial charge in [-0.1, -0.05) is 56.4 Å². The van der Waals surface area contributed by atoms with Crippen LogP contribution in [0.5, 0.6) is 0 Å². The second-order valence-electron chi connectivity index (χ2n) is 7.96. The summed E-state index contributed by atoms with van der Waals surface area (Å²) in [7, 11) is 5.80. The molecule has 1 aromatic rings. The third-order valence-corrected chi connectivity index (χ3v) is 5.23. The second-order valence-corrected chi connectivity index (χ2v) is 7.96. The molecule has 162 valence electrons. The Morgan fingerprint density at radius 3 is 2.45 bits per heavy atom. The number of hydroxylamine groups is 2. The van der Waals surface area contributed by atoms with E-state index in [4.69, 9.17) is 4.84 Å². The monoisotopic (exact) mass is 399 g/mol. The first kappa shape index (κ1) is 25.4. The minimum atomic E-state index is 1.01. The molecule has 0 amide bonds. The number of aromatic nitrogens is 1. The Labute approximate surface area is 180 Å². The van der Waals surface area contributed by atoms with E-state index in [-0.39, 0.29) is 0 Å². The predicted molar refractivity (Wildman–Crippen MR) is 123 cm³/mol. The molecular formula is C26H43N2O+. The molecule has 29 heavy (non-hydrogen) atoms. The van der Waals surface area contributed by atoms with E-state index in [2.05, 4.69) is 54.1 Å². The van der Waals surface area contributed by atoms with Crippen LogP contribution in [0.25, 0.3) is 0 Å². The second kappa shape index (κ2) is 18.4. The topological polar surface area (TPSA) is 16.4 Å². The summed E-state index contributed by atoms with van der Waals surface area (Å²) in [4.78, 5) is 5.12. The summed E-state index contributed by atoms with van der Waals surface area (Å²) in [5, 5.41) is 1.91. The lowest BCUT2D eigenvalue weighted by Gasteiger charge is -2.12. The van der Waals surface area contributed by atoms with Crippen LogP contribution in [0.15, 0.2) is 36.7 Å². The molecule has 0 N–H and O–H groups in total. The van der Waals surface area contributed by atoms with Crippen molar-refractivity contribution in [2.45, 2.75) is 83.5 Å². The van der Waals surface area contributed by atoms with Crippen LogP contribution in [0.4, 0.5) is 0 Å². The highest BCUT2D eigenvalue weighted by atomic mass is 16.7. The number of nitrogens with zero attached hydrogens (tertiary/aromatic N) is 2. The Kier molecular flexibility index (Phi) is 16.1. The van der Waals surface area contributed by atoms with E-state index in [9.17, 15) is 0 Å². The molecule has 0 unspecified atom stereocenters. The summed E-state index contributed by atoms with van der Waals surface area (Å²) in [6.07, 6.45) is 25.0. The lowest BCUT2D eigenvalue weighted by Crippen LogP contribution is -2.26. The number of hydrogen-bond acceptors (Lipinski definition) is 2. The minimum absolute atomic E-state index is 1.01. The molecule has 0 aliphatic rings. The van der Waals surface area contributed by atoms with Crippen LogP contribution >= 0.6 is 0 Å². The molecule has 1 aromatic heterocycles. The van der Waals surface area contributed by atoms with Crippen molar-refractivity contribution in [1.29, 1.82) is 0 Å². The Balaban J connectivity index is 1.85. The first-order valence-corrected chi connectivity index (χ1v) is 11.5. The summed E-state index contributed by atoms with van der Waals surface area (Å²) in [5.74, 6) is 6.47. The van der Waals surface area contributed by atoms with Gasteiger partial charge in [0.05, 0.1) is 7.11 Å². The van der Waals surface area contributed by atoms with E-state index in [1.807, 2.05) is 18.2 Å². The SMILES string of the molecule is CON(C)CCCCCCCCCC/C=C\C#CCCCCc1ccc[n+](C)c1. The van der Waals surface area contributed by atoms with Crippen LogP contribution in [0.1, 0.15) is 82.6 Å². The highest BCUT2D eigenvalue weighted by Crippen LogP contribution is 2.10. The molecule has 0 saturated heterocycles. The van der Waals surface area contributed by atoms with Crippen LogP contribution < -0.4 is 4.57 Å². The third-order valence-electron chi connectivity index (χ3n) is 5.23. The van der Waals surface area contributed by atoms with Gasteiger partial charge in [-0.2, -0.15) is 5.06 Å². The van der Waals surface area contributed by atoms with Crippen molar-refractivity contribution in [3.05, 3.63) is 42.2 Å². The number of aryl methyl sites for hydroxylation is 2. The van der Waals surface area contributed by atoms with Gasteiger partial charge < -0.3 is 4.84 Å². The van der Waals surface area contributed by atoms with Gasteiger partial charge in [0, 0.05) is 31.6 Å². The van der Waals surface area contributed by atoms with Crippen LogP contribution in [0.2, 0.25) is 0 Å². The van der Waals surface area contributed by atoms with E-state index in [1.54, 1.807) is 7.11 Å². The average molecular weight is 400 g/mol. The zero-order chi connectivity index (χ0) is 21.0. The molecule has 0 radical (unpaired) electrons. The highest BCUT2D eigenvalue weighted by Gasteiger charge is 1.97. The number of hydrogen-bond donors (Lipinski definition) is 0. The van der Waals surface area contributed by atoms with Gasteiger partial charge in [0.15, 0.2) is 12.4 Å². The molecule has 3 nitrogen and oxygen atoms in total. The molecule has 0 spiro atoms. The van der Waals surface area contributed by atoms with Crippen molar-refractivity contribution in [3.8, 4) is 11.8 Å². The average Bonchev–Trinajstić information content (AvgIpc) is 2.72. The molecule has 3 heteroatoms. The summed E-state index contributed by atoms with van der Waals surface area (Å²) in [6, 6.07) is 4.32. The van der Waals surface area contributed by atoms with Crippen molar-refractivity contribution in [2.24, 2.45) is 7.05 Å². The Morgan fingerprint density at radius 2 is 1.72 bits per heavy atom. The van der Waals surface area contributed by atoms with Crippen LogP contribution in [-0.4, -0.2) is 25.8 Å². The van der Waals surface area contributed by atoms with Gasteiger partial charge in [-0.05, 0) is 50.7 Å². The maximum atomic E-state index is 5.12. The summed E-state index contributed by atoms with van der Waals surface area (Å²) < 4.78 is 2.12. The molecule has 1 heterocycles. The standard InChI is InChI=1S/C26H43N2O/c1-27-23-20-22-26(25-27)21-18-16-14-12-10-8-6-4-5-7-9-11-13-15-17-19-24-28(2)29-3/h6,8,20,22-23,25H,4-5,7,9,11,13-19,21,24H2,1-3H3/q+1/b8-6-. The third kappa shape index (κ3) is 15.9. The normalized spacial score (nSPS) is 11.2. The summed E-state index contributed by atoms with van der Waals surface area (Å²) >= 11 is 0. The van der Waals surface area contributed by atoms with Crippen molar-refractivity contribution in [2.75, 3.05) is 20.7 Å². The Morgan fingerprint density at radius 1 is 1.00 bits per heavy atom. The van der Waals surface area contributed by atoms with E-state index in [0.717, 1.165) is 19.4 Å². The summed E-state index contributed by atoms with van der Waals surface area (Å²) in [6.45, 7) is 1.04. The summed E-state index contributed by atoms with van der Waals surface area (Å²) in [5.41, 5.74) is 1.41. The minimum Gasteiger partial charge on any atom is -0.303 e. The maximum absolute atomic E-state index is 5.12. The number of allylic oxidation sites excluding steroid dienone is 2. The molecule has 0 saturated carbocycles. The smallest absolute Gasteiger partial charge is 0.171 e.